The van der Waals surface area contributed by atoms with E-state index >= 15 is 0 Å². The number of oxime groups is 1. The molecule has 3 aromatic heterocycles. The number of rotatable bonds is 3. The third-order valence-corrected chi connectivity index (χ3v) is 4.15. The Labute approximate surface area is 125 Å². The van der Waals surface area contributed by atoms with Crippen molar-refractivity contribution in [1.82, 2.24) is 15.0 Å². The van der Waals surface area contributed by atoms with Crippen molar-refractivity contribution in [2.45, 2.75) is 6.92 Å². The summed E-state index contributed by atoms with van der Waals surface area (Å²) in [4.78, 5) is 13.8. The van der Waals surface area contributed by atoms with Crippen LogP contribution in [0.1, 0.15) is 11.8 Å². The van der Waals surface area contributed by atoms with Crippen LogP contribution in [0, 0.1) is 0 Å². The van der Waals surface area contributed by atoms with E-state index in [0.717, 1.165) is 26.8 Å². The Morgan fingerprint density at radius 1 is 1.14 bits per heavy atom. The smallest absolute Gasteiger partial charge is 0.124 e. The largest absolute Gasteiger partial charge is 0.411 e. The Hall–Kier alpha value is -2.60. The van der Waals surface area contributed by atoms with Gasteiger partial charge in [-0.2, -0.15) is 0 Å². The molecule has 0 saturated heterocycles. The van der Waals surface area contributed by atoms with Crippen LogP contribution >= 0.6 is 11.3 Å². The molecule has 0 atom stereocenters. The van der Waals surface area contributed by atoms with Gasteiger partial charge in [-0.15, -0.1) is 11.3 Å². The van der Waals surface area contributed by atoms with Crippen molar-refractivity contribution >= 4 is 17.0 Å². The van der Waals surface area contributed by atoms with E-state index < -0.39 is 0 Å². The van der Waals surface area contributed by atoms with Crippen LogP contribution in [0.25, 0.3) is 22.0 Å². The van der Waals surface area contributed by atoms with Gasteiger partial charge in [0.15, 0.2) is 0 Å². The Morgan fingerprint density at radius 2 is 1.95 bits per heavy atom. The highest BCUT2D eigenvalue weighted by molar-refractivity contribution is 7.17. The number of pyridine rings is 2. The van der Waals surface area contributed by atoms with Gasteiger partial charge in [-0.3, -0.25) is 9.97 Å². The van der Waals surface area contributed by atoms with E-state index in [0.29, 0.717) is 5.71 Å². The molecule has 0 radical (unpaired) electrons. The highest BCUT2D eigenvalue weighted by Gasteiger charge is 2.17. The molecule has 21 heavy (non-hydrogen) atoms. The van der Waals surface area contributed by atoms with E-state index in [1.165, 1.54) is 11.3 Å². The van der Waals surface area contributed by atoms with Crippen LogP contribution in [-0.2, 0) is 0 Å². The first kappa shape index (κ1) is 13.4. The fraction of sp³-hybridized carbons (Fsp3) is 0.0667. The van der Waals surface area contributed by atoms with Crippen LogP contribution in [-0.4, -0.2) is 25.9 Å². The lowest BCUT2D eigenvalue weighted by atomic mass is 10.2. The minimum atomic E-state index is 0.522. The first-order valence-corrected chi connectivity index (χ1v) is 7.13. The van der Waals surface area contributed by atoms with Crippen molar-refractivity contribution in [3.8, 4) is 22.0 Å². The number of nitrogens with zero attached hydrogens (tertiary/aromatic N) is 4. The number of hydrogen-bond acceptors (Lipinski definition) is 6. The summed E-state index contributed by atoms with van der Waals surface area (Å²) in [6.07, 6.45) is 5.17. The molecule has 1 N–H and O–H groups in total. The first-order valence-electron chi connectivity index (χ1n) is 6.31. The molecule has 104 valence electrons. The van der Waals surface area contributed by atoms with E-state index in [2.05, 4.69) is 20.1 Å². The van der Waals surface area contributed by atoms with Crippen LogP contribution in [0.4, 0.5) is 0 Å². The van der Waals surface area contributed by atoms with E-state index in [4.69, 9.17) is 5.21 Å². The molecule has 0 spiro atoms. The highest BCUT2D eigenvalue weighted by atomic mass is 32.1. The molecule has 3 aromatic rings. The predicted octanol–water partition coefficient (Wildman–Crippen LogP) is 3.47. The SMILES string of the molecule is C/C(=N\O)c1sc(-c2ccncc2)nc1-c1ccccn1. The lowest BCUT2D eigenvalue weighted by Crippen LogP contribution is -1.95. The highest BCUT2D eigenvalue weighted by Crippen LogP contribution is 2.33. The topological polar surface area (TPSA) is 71.3 Å². The van der Waals surface area contributed by atoms with Gasteiger partial charge in [-0.05, 0) is 31.2 Å². The molecule has 6 heteroatoms. The number of aromatic nitrogens is 3. The molecule has 0 aliphatic heterocycles. The summed E-state index contributed by atoms with van der Waals surface area (Å²) in [5, 5.41) is 13.2. The molecule has 3 heterocycles. The normalized spacial score (nSPS) is 11.6. The average Bonchev–Trinajstić information content (AvgIpc) is 3.01. The van der Waals surface area contributed by atoms with E-state index in [1.807, 2.05) is 30.3 Å². The van der Waals surface area contributed by atoms with Gasteiger partial charge in [0, 0.05) is 24.2 Å². The molecule has 0 aliphatic carbocycles. The fourth-order valence-electron chi connectivity index (χ4n) is 1.91. The van der Waals surface area contributed by atoms with Crippen LogP contribution in [0.15, 0.2) is 54.1 Å². The van der Waals surface area contributed by atoms with Crippen molar-refractivity contribution in [3.05, 3.63) is 53.8 Å². The monoisotopic (exact) mass is 296 g/mol. The Balaban J connectivity index is 2.17. The van der Waals surface area contributed by atoms with Crippen LogP contribution in [0.2, 0.25) is 0 Å². The number of hydrogen-bond donors (Lipinski definition) is 1. The fourth-order valence-corrected chi connectivity index (χ4v) is 2.92. The molecule has 0 aliphatic rings. The molecule has 0 amide bonds. The van der Waals surface area contributed by atoms with Gasteiger partial charge >= 0.3 is 0 Å². The molecule has 0 fully saturated rings. The minimum absolute atomic E-state index is 0.522. The standard InChI is InChI=1S/C15H12N4OS/c1-10(19-20)14-13(12-4-2-3-7-17-12)18-15(21-14)11-5-8-16-9-6-11/h2-9,20H,1H3/b19-10+. The molecular weight excluding hydrogens is 284 g/mol. The van der Waals surface area contributed by atoms with Crippen LogP contribution < -0.4 is 0 Å². The number of thiazole rings is 1. The molecule has 0 unspecified atom stereocenters. The summed E-state index contributed by atoms with van der Waals surface area (Å²) in [7, 11) is 0. The lowest BCUT2D eigenvalue weighted by Gasteiger charge is -1.99. The molecule has 3 rings (SSSR count). The molecule has 5 nitrogen and oxygen atoms in total. The average molecular weight is 296 g/mol. The zero-order valence-electron chi connectivity index (χ0n) is 11.3. The molecule has 0 saturated carbocycles. The second-order valence-corrected chi connectivity index (χ2v) is 5.33. The molecular formula is C15H12N4OS. The maximum Gasteiger partial charge on any atom is 0.124 e. The maximum absolute atomic E-state index is 9.08. The van der Waals surface area contributed by atoms with Crippen molar-refractivity contribution in [2.75, 3.05) is 0 Å². The lowest BCUT2D eigenvalue weighted by molar-refractivity contribution is 0.319. The van der Waals surface area contributed by atoms with Gasteiger partial charge in [0.25, 0.3) is 0 Å². The summed E-state index contributed by atoms with van der Waals surface area (Å²) in [6.45, 7) is 1.75. The maximum atomic E-state index is 9.08. The second-order valence-electron chi connectivity index (χ2n) is 4.33. The van der Waals surface area contributed by atoms with E-state index in [1.54, 1.807) is 25.5 Å². The Kier molecular flexibility index (Phi) is 3.70. The Morgan fingerprint density at radius 3 is 2.62 bits per heavy atom. The summed E-state index contributed by atoms with van der Waals surface area (Å²) < 4.78 is 0. The summed E-state index contributed by atoms with van der Waals surface area (Å²) in [5.74, 6) is 0. The van der Waals surface area contributed by atoms with Crippen molar-refractivity contribution < 1.29 is 5.21 Å². The zero-order valence-corrected chi connectivity index (χ0v) is 12.1. The van der Waals surface area contributed by atoms with Crippen molar-refractivity contribution in [2.24, 2.45) is 5.16 Å². The molecule has 0 aromatic carbocycles. The third-order valence-electron chi connectivity index (χ3n) is 2.94. The van der Waals surface area contributed by atoms with Gasteiger partial charge in [0.2, 0.25) is 0 Å². The van der Waals surface area contributed by atoms with Gasteiger partial charge in [-0.1, -0.05) is 11.2 Å². The Bertz CT molecular complexity index is 769. The van der Waals surface area contributed by atoms with Gasteiger partial charge in [0.05, 0.1) is 16.3 Å². The van der Waals surface area contributed by atoms with Gasteiger partial charge in [-0.25, -0.2) is 4.98 Å². The third kappa shape index (κ3) is 2.66. The predicted molar refractivity (Wildman–Crippen MR) is 82.6 cm³/mol. The summed E-state index contributed by atoms with van der Waals surface area (Å²) in [6, 6.07) is 9.45. The van der Waals surface area contributed by atoms with Crippen molar-refractivity contribution in [1.29, 1.82) is 0 Å². The quantitative estimate of drug-likeness (QED) is 0.456. The van der Waals surface area contributed by atoms with E-state index in [-0.39, 0.29) is 0 Å². The van der Waals surface area contributed by atoms with Gasteiger partial charge < -0.3 is 5.21 Å². The zero-order chi connectivity index (χ0) is 14.7. The minimum Gasteiger partial charge on any atom is -0.411 e. The van der Waals surface area contributed by atoms with E-state index in [9.17, 15) is 0 Å². The summed E-state index contributed by atoms with van der Waals surface area (Å²) >= 11 is 1.47. The second kappa shape index (κ2) is 5.80. The molecule has 0 bridgehead atoms. The van der Waals surface area contributed by atoms with Gasteiger partial charge in [0.1, 0.15) is 10.7 Å². The summed E-state index contributed by atoms with van der Waals surface area (Å²) in [5.41, 5.74) is 2.98. The van der Waals surface area contributed by atoms with Crippen molar-refractivity contribution in [3.63, 3.8) is 0 Å². The van der Waals surface area contributed by atoms with Crippen LogP contribution in [0.3, 0.4) is 0 Å². The first-order chi connectivity index (χ1) is 10.3. The van der Waals surface area contributed by atoms with Crippen LogP contribution in [0.5, 0.6) is 0 Å².